The summed E-state index contributed by atoms with van der Waals surface area (Å²) in [6, 6.07) is 14.1. The van der Waals surface area contributed by atoms with Crippen molar-refractivity contribution < 1.29 is 4.39 Å². The normalized spacial score (nSPS) is 17.0. The van der Waals surface area contributed by atoms with E-state index in [0.29, 0.717) is 0 Å². The molecule has 0 fully saturated rings. The van der Waals surface area contributed by atoms with E-state index < -0.39 is 0 Å². The molecule has 0 saturated heterocycles. The summed E-state index contributed by atoms with van der Waals surface area (Å²) in [6.45, 7) is 0. The van der Waals surface area contributed by atoms with Gasteiger partial charge >= 0.3 is 0 Å². The standard InChI is InChI=1S/C17H18FNS.ClH/c1-19-16-9-5-6-12-10-14(11-15(18)17(12)16)20-13-7-3-2-4-8-13;/h2-4,7-8,10-11,16,19H,5-6,9H2,1H3;1H/t16-;/m1./s1. The van der Waals surface area contributed by atoms with Gasteiger partial charge in [-0.05, 0) is 56.1 Å². The molecule has 0 saturated carbocycles. The molecule has 1 atom stereocenters. The number of rotatable bonds is 3. The van der Waals surface area contributed by atoms with Crippen molar-refractivity contribution in [2.45, 2.75) is 35.1 Å². The zero-order valence-electron chi connectivity index (χ0n) is 11.9. The van der Waals surface area contributed by atoms with E-state index in [1.54, 1.807) is 17.8 Å². The van der Waals surface area contributed by atoms with Crippen LogP contribution in [0.2, 0.25) is 0 Å². The van der Waals surface area contributed by atoms with E-state index >= 15 is 0 Å². The lowest BCUT2D eigenvalue weighted by molar-refractivity contribution is 0.464. The summed E-state index contributed by atoms with van der Waals surface area (Å²) in [5, 5.41) is 3.22. The minimum Gasteiger partial charge on any atom is -0.313 e. The highest BCUT2D eigenvalue weighted by molar-refractivity contribution is 7.99. The molecule has 0 heterocycles. The smallest absolute Gasteiger partial charge is 0.129 e. The van der Waals surface area contributed by atoms with Gasteiger partial charge in [0.15, 0.2) is 0 Å². The van der Waals surface area contributed by atoms with Crippen LogP contribution in [-0.2, 0) is 6.42 Å². The Labute approximate surface area is 135 Å². The first-order valence-corrected chi connectivity index (χ1v) is 7.82. The average Bonchev–Trinajstić information content (AvgIpc) is 2.47. The Bertz CT molecular complexity index is 603. The van der Waals surface area contributed by atoms with Gasteiger partial charge in [0.2, 0.25) is 0 Å². The molecule has 1 nitrogen and oxygen atoms in total. The molecular weight excluding hydrogens is 305 g/mol. The quantitative estimate of drug-likeness (QED) is 0.853. The Morgan fingerprint density at radius 2 is 1.90 bits per heavy atom. The summed E-state index contributed by atoms with van der Waals surface area (Å²) in [5.74, 6) is -0.0695. The molecule has 0 radical (unpaired) electrons. The van der Waals surface area contributed by atoms with E-state index in [0.717, 1.165) is 40.2 Å². The van der Waals surface area contributed by atoms with Crippen LogP contribution in [0.4, 0.5) is 4.39 Å². The fourth-order valence-corrected chi connectivity index (χ4v) is 3.79. The summed E-state index contributed by atoms with van der Waals surface area (Å²) < 4.78 is 14.4. The van der Waals surface area contributed by atoms with Gasteiger partial charge in [-0.15, -0.1) is 12.4 Å². The highest BCUT2D eigenvalue weighted by Gasteiger charge is 2.23. The molecule has 4 heteroatoms. The van der Waals surface area contributed by atoms with Gasteiger partial charge in [-0.3, -0.25) is 0 Å². The highest BCUT2D eigenvalue weighted by atomic mass is 35.5. The molecule has 0 aliphatic heterocycles. The molecule has 0 bridgehead atoms. The third-order valence-electron chi connectivity index (χ3n) is 3.80. The zero-order valence-corrected chi connectivity index (χ0v) is 13.6. The minimum atomic E-state index is -0.0695. The second-order valence-electron chi connectivity index (χ2n) is 5.13. The first-order valence-electron chi connectivity index (χ1n) is 7.00. The predicted octanol–water partition coefficient (Wildman–Crippen LogP) is 5.00. The number of fused-ring (bicyclic) bond motifs is 1. The number of hydrogen-bond acceptors (Lipinski definition) is 2. The number of aryl methyl sites for hydroxylation is 1. The molecule has 112 valence electrons. The van der Waals surface area contributed by atoms with Crippen molar-refractivity contribution in [2.24, 2.45) is 0 Å². The van der Waals surface area contributed by atoms with Crippen LogP contribution in [0.1, 0.15) is 30.0 Å². The van der Waals surface area contributed by atoms with Crippen molar-refractivity contribution in [1.82, 2.24) is 5.32 Å². The first-order chi connectivity index (χ1) is 9.78. The Hall–Kier alpha value is -1.03. The van der Waals surface area contributed by atoms with Gasteiger partial charge in [-0.1, -0.05) is 30.0 Å². The highest BCUT2D eigenvalue weighted by Crippen LogP contribution is 2.36. The van der Waals surface area contributed by atoms with E-state index in [1.807, 2.05) is 25.2 Å². The lowest BCUT2D eigenvalue weighted by Gasteiger charge is -2.26. The topological polar surface area (TPSA) is 12.0 Å². The predicted molar refractivity (Wildman–Crippen MR) is 89.0 cm³/mol. The van der Waals surface area contributed by atoms with Gasteiger partial charge in [0, 0.05) is 21.4 Å². The van der Waals surface area contributed by atoms with Gasteiger partial charge in [0.05, 0.1) is 0 Å². The van der Waals surface area contributed by atoms with Crippen LogP contribution in [0.15, 0.2) is 52.3 Å². The lowest BCUT2D eigenvalue weighted by Crippen LogP contribution is -2.23. The second kappa shape index (κ2) is 7.30. The summed E-state index contributed by atoms with van der Waals surface area (Å²) in [6.07, 6.45) is 3.12. The number of nitrogens with one attached hydrogen (secondary N) is 1. The number of hydrogen-bond donors (Lipinski definition) is 1. The van der Waals surface area contributed by atoms with Crippen molar-refractivity contribution >= 4 is 24.2 Å². The molecular formula is C17H19ClFNS. The van der Waals surface area contributed by atoms with Crippen molar-refractivity contribution in [3.8, 4) is 0 Å². The maximum atomic E-state index is 14.4. The van der Waals surface area contributed by atoms with Crippen LogP contribution < -0.4 is 5.32 Å². The SMILES string of the molecule is CN[C@@H]1CCCc2cc(Sc3ccccc3)cc(F)c21.Cl. The molecule has 3 rings (SSSR count). The first kappa shape index (κ1) is 16.3. The molecule has 21 heavy (non-hydrogen) atoms. The Morgan fingerprint density at radius 1 is 1.14 bits per heavy atom. The largest absolute Gasteiger partial charge is 0.313 e. The molecule has 0 aromatic heterocycles. The molecule has 1 aliphatic rings. The van der Waals surface area contributed by atoms with Crippen molar-refractivity contribution in [3.63, 3.8) is 0 Å². The maximum absolute atomic E-state index is 14.4. The van der Waals surface area contributed by atoms with Crippen LogP contribution in [0.3, 0.4) is 0 Å². The van der Waals surface area contributed by atoms with E-state index in [4.69, 9.17) is 0 Å². The van der Waals surface area contributed by atoms with Gasteiger partial charge < -0.3 is 5.32 Å². The molecule has 2 aromatic rings. The van der Waals surface area contributed by atoms with Crippen LogP contribution in [0.25, 0.3) is 0 Å². The molecule has 2 aromatic carbocycles. The van der Waals surface area contributed by atoms with E-state index in [1.165, 1.54) is 0 Å². The molecule has 1 aliphatic carbocycles. The van der Waals surface area contributed by atoms with E-state index in [9.17, 15) is 4.39 Å². The second-order valence-corrected chi connectivity index (χ2v) is 6.27. The average molecular weight is 324 g/mol. The fraction of sp³-hybridized carbons (Fsp3) is 0.294. The van der Waals surface area contributed by atoms with E-state index in [2.05, 4.69) is 23.5 Å². The number of benzene rings is 2. The van der Waals surface area contributed by atoms with Crippen LogP contribution in [0.5, 0.6) is 0 Å². The molecule has 1 N–H and O–H groups in total. The van der Waals surface area contributed by atoms with Gasteiger partial charge in [-0.2, -0.15) is 0 Å². The number of halogens is 2. The summed E-state index contributed by atoms with van der Waals surface area (Å²) in [7, 11) is 1.91. The van der Waals surface area contributed by atoms with Crippen LogP contribution in [-0.4, -0.2) is 7.05 Å². The van der Waals surface area contributed by atoms with Gasteiger partial charge in [0.25, 0.3) is 0 Å². The molecule has 0 amide bonds. The van der Waals surface area contributed by atoms with Crippen molar-refractivity contribution in [1.29, 1.82) is 0 Å². The van der Waals surface area contributed by atoms with Crippen molar-refractivity contribution in [3.05, 3.63) is 59.4 Å². The van der Waals surface area contributed by atoms with Crippen molar-refractivity contribution in [2.75, 3.05) is 7.05 Å². The Morgan fingerprint density at radius 3 is 2.62 bits per heavy atom. The minimum absolute atomic E-state index is 0. The summed E-state index contributed by atoms with van der Waals surface area (Å²) >= 11 is 1.62. The van der Waals surface area contributed by atoms with Crippen LogP contribution in [0, 0.1) is 5.82 Å². The summed E-state index contributed by atoms with van der Waals surface area (Å²) in [5.41, 5.74) is 2.03. The molecule has 0 spiro atoms. The Balaban J connectivity index is 0.00000161. The fourth-order valence-electron chi connectivity index (χ4n) is 2.86. The lowest BCUT2D eigenvalue weighted by atomic mass is 9.87. The third kappa shape index (κ3) is 3.60. The molecule has 0 unspecified atom stereocenters. The van der Waals surface area contributed by atoms with E-state index in [-0.39, 0.29) is 24.3 Å². The van der Waals surface area contributed by atoms with Gasteiger partial charge in [-0.25, -0.2) is 4.39 Å². The third-order valence-corrected chi connectivity index (χ3v) is 4.78. The zero-order chi connectivity index (χ0) is 13.9. The maximum Gasteiger partial charge on any atom is 0.129 e. The Kier molecular flexibility index (Phi) is 5.68. The monoisotopic (exact) mass is 323 g/mol. The van der Waals surface area contributed by atoms with Gasteiger partial charge in [0.1, 0.15) is 5.82 Å². The summed E-state index contributed by atoms with van der Waals surface area (Å²) in [4.78, 5) is 2.14. The van der Waals surface area contributed by atoms with Crippen LogP contribution >= 0.6 is 24.2 Å².